The van der Waals surface area contributed by atoms with Crippen molar-refractivity contribution in [3.05, 3.63) is 41.1 Å². The molecule has 162 valence electrons. The standard InChI is InChI=1S/C22H31BrN6O/c1-2-30-18-17-29-20-8-4-3-7-19(20)24-22(29)27-15-13-26(14-16-27)10-5-6-11-28-12-9-21(23)25-28/h3-4,7-9,12H,2,5-6,10-11,13-18H2,1H3. The average Bonchev–Trinajstić information content (AvgIpc) is 3.35. The molecule has 30 heavy (non-hydrogen) atoms. The Kier molecular flexibility index (Phi) is 7.41. The van der Waals surface area contributed by atoms with Crippen LogP contribution in [-0.4, -0.2) is 70.2 Å². The van der Waals surface area contributed by atoms with Crippen LogP contribution in [0.15, 0.2) is 41.1 Å². The van der Waals surface area contributed by atoms with Gasteiger partial charge in [-0.3, -0.25) is 9.58 Å². The smallest absolute Gasteiger partial charge is 0.206 e. The molecule has 1 aliphatic rings. The maximum Gasteiger partial charge on any atom is 0.206 e. The molecule has 0 atom stereocenters. The van der Waals surface area contributed by atoms with Crippen molar-refractivity contribution in [3.8, 4) is 0 Å². The van der Waals surface area contributed by atoms with Crippen molar-refractivity contribution in [1.29, 1.82) is 0 Å². The summed E-state index contributed by atoms with van der Waals surface area (Å²) < 4.78 is 10.9. The van der Waals surface area contributed by atoms with Crippen LogP contribution in [0.25, 0.3) is 11.0 Å². The number of fused-ring (bicyclic) bond motifs is 1. The molecule has 3 aromatic rings. The first-order chi connectivity index (χ1) is 14.7. The Morgan fingerprint density at radius 2 is 1.80 bits per heavy atom. The SMILES string of the molecule is CCOCCn1c(N2CCN(CCCCn3ccc(Br)n3)CC2)nc2ccccc21. The lowest BCUT2D eigenvalue weighted by molar-refractivity contribution is 0.140. The van der Waals surface area contributed by atoms with Crippen LogP contribution in [0.2, 0.25) is 0 Å². The summed E-state index contributed by atoms with van der Waals surface area (Å²) in [5, 5.41) is 4.39. The molecule has 7 nitrogen and oxygen atoms in total. The van der Waals surface area contributed by atoms with Crippen molar-refractivity contribution < 1.29 is 4.74 Å². The highest BCUT2D eigenvalue weighted by atomic mass is 79.9. The predicted octanol–water partition coefficient (Wildman–Crippen LogP) is 3.63. The van der Waals surface area contributed by atoms with Gasteiger partial charge in [-0.1, -0.05) is 12.1 Å². The molecule has 2 aromatic heterocycles. The molecule has 0 amide bonds. The first-order valence-corrected chi connectivity index (χ1v) is 11.7. The Bertz CT molecular complexity index is 931. The summed E-state index contributed by atoms with van der Waals surface area (Å²) in [5.74, 6) is 1.08. The van der Waals surface area contributed by atoms with Gasteiger partial charge in [0.2, 0.25) is 5.95 Å². The fraction of sp³-hybridized carbons (Fsp3) is 0.545. The number of unbranched alkanes of at least 4 members (excludes halogenated alkanes) is 1. The van der Waals surface area contributed by atoms with Gasteiger partial charge in [0.1, 0.15) is 4.60 Å². The average molecular weight is 475 g/mol. The van der Waals surface area contributed by atoms with Crippen molar-refractivity contribution in [3.63, 3.8) is 0 Å². The Labute approximate surface area is 186 Å². The third-order valence-electron chi connectivity index (χ3n) is 5.67. The number of anilines is 1. The minimum Gasteiger partial charge on any atom is -0.380 e. The molecule has 0 spiro atoms. The summed E-state index contributed by atoms with van der Waals surface area (Å²) in [4.78, 5) is 9.96. The zero-order chi connectivity index (χ0) is 20.8. The van der Waals surface area contributed by atoms with Crippen molar-refractivity contribution in [2.45, 2.75) is 32.9 Å². The molecule has 0 radical (unpaired) electrons. The second-order valence-corrected chi connectivity index (χ2v) is 8.50. The number of imidazole rings is 1. The van der Waals surface area contributed by atoms with Gasteiger partial charge in [0.05, 0.1) is 17.6 Å². The number of nitrogens with zero attached hydrogens (tertiary/aromatic N) is 6. The maximum atomic E-state index is 5.62. The van der Waals surface area contributed by atoms with E-state index in [1.807, 2.05) is 23.9 Å². The van der Waals surface area contributed by atoms with E-state index in [-0.39, 0.29) is 0 Å². The number of aromatic nitrogens is 4. The van der Waals surface area contributed by atoms with Gasteiger partial charge in [-0.15, -0.1) is 0 Å². The fourth-order valence-electron chi connectivity index (χ4n) is 4.07. The van der Waals surface area contributed by atoms with Crippen LogP contribution in [0.5, 0.6) is 0 Å². The monoisotopic (exact) mass is 474 g/mol. The highest BCUT2D eigenvalue weighted by molar-refractivity contribution is 9.10. The molecule has 0 aliphatic carbocycles. The predicted molar refractivity (Wildman–Crippen MR) is 124 cm³/mol. The molecule has 0 N–H and O–H groups in total. The van der Waals surface area contributed by atoms with Crippen molar-refractivity contribution >= 4 is 32.9 Å². The van der Waals surface area contributed by atoms with E-state index in [2.05, 4.69) is 59.7 Å². The number of ether oxygens (including phenoxy) is 1. The van der Waals surface area contributed by atoms with E-state index in [0.29, 0.717) is 0 Å². The van der Waals surface area contributed by atoms with Crippen LogP contribution < -0.4 is 4.90 Å². The minimum atomic E-state index is 0.719. The van der Waals surface area contributed by atoms with Gasteiger partial charge < -0.3 is 14.2 Å². The first kappa shape index (κ1) is 21.3. The summed E-state index contributed by atoms with van der Waals surface area (Å²) in [6.45, 7) is 10.7. The molecule has 1 aromatic carbocycles. The molecule has 0 bridgehead atoms. The highest BCUT2D eigenvalue weighted by Gasteiger charge is 2.22. The molecule has 4 rings (SSSR count). The molecule has 1 aliphatic heterocycles. The Hall–Kier alpha value is -1.90. The number of hydrogen-bond acceptors (Lipinski definition) is 5. The molecule has 0 saturated carbocycles. The Morgan fingerprint density at radius 3 is 2.57 bits per heavy atom. The quantitative estimate of drug-likeness (QED) is 0.419. The number of halogens is 1. The number of rotatable bonds is 10. The topological polar surface area (TPSA) is 51.4 Å². The number of hydrogen-bond donors (Lipinski definition) is 0. The van der Waals surface area contributed by atoms with Crippen LogP contribution in [0.1, 0.15) is 19.8 Å². The Balaban J connectivity index is 1.30. The molecular formula is C22H31BrN6O. The fourth-order valence-corrected chi connectivity index (χ4v) is 4.39. The van der Waals surface area contributed by atoms with Crippen molar-refractivity contribution in [2.24, 2.45) is 0 Å². The number of para-hydroxylation sites is 2. The van der Waals surface area contributed by atoms with Crippen LogP contribution in [0.3, 0.4) is 0 Å². The molecule has 8 heteroatoms. The second-order valence-electron chi connectivity index (χ2n) is 7.69. The lowest BCUT2D eigenvalue weighted by Gasteiger charge is -2.35. The van der Waals surface area contributed by atoms with E-state index < -0.39 is 0 Å². The number of piperazine rings is 1. The summed E-state index contributed by atoms with van der Waals surface area (Å²) in [5.41, 5.74) is 2.26. The lowest BCUT2D eigenvalue weighted by atomic mass is 10.2. The second kappa shape index (κ2) is 10.4. The Morgan fingerprint density at radius 1 is 1.00 bits per heavy atom. The van der Waals surface area contributed by atoms with Crippen LogP contribution in [0, 0.1) is 0 Å². The van der Waals surface area contributed by atoms with E-state index in [1.165, 1.54) is 11.9 Å². The normalized spacial score (nSPS) is 15.3. The third kappa shape index (κ3) is 5.22. The van der Waals surface area contributed by atoms with Gasteiger partial charge in [-0.2, -0.15) is 5.10 Å². The minimum absolute atomic E-state index is 0.719. The molecule has 1 saturated heterocycles. The zero-order valence-electron chi connectivity index (χ0n) is 17.7. The maximum absolute atomic E-state index is 5.62. The molecule has 3 heterocycles. The number of aryl methyl sites for hydroxylation is 1. The lowest BCUT2D eigenvalue weighted by Crippen LogP contribution is -2.47. The molecule has 1 fully saturated rings. The van der Waals surface area contributed by atoms with Gasteiger partial charge in [-0.25, -0.2) is 4.98 Å². The number of benzene rings is 1. The van der Waals surface area contributed by atoms with Crippen LogP contribution in [0.4, 0.5) is 5.95 Å². The summed E-state index contributed by atoms with van der Waals surface area (Å²) >= 11 is 3.40. The highest BCUT2D eigenvalue weighted by Crippen LogP contribution is 2.23. The van der Waals surface area contributed by atoms with Crippen LogP contribution >= 0.6 is 15.9 Å². The molecule has 0 unspecified atom stereocenters. The van der Waals surface area contributed by atoms with E-state index >= 15 is 0 Å². The zero-order valence-corrected chi connectivity index (χ0v) is 19.3. The van der Waals surface area contributed by atoms with E-state index in [4.69, 9.17) is 9.72 Å². The molecular weight excluding hydrogens is 444 g/mol. The van der Waals surface area contributed by atoms with E-state index in [9.17, 15) is 0 Å². The van der Waals surface area contributed by atoms with Gasteiger partial charge in [0.15, 0.2) is 0 Å². The summed E-state index contributed by atoms with van der Waals surface area (Å²) in [7, 11) is 0. The van der Waals surface area contributed by atoms with Gasteiger partial charge in [0, 0.05) is 52.1 Å². The van der Waals surface area contributed by atoms with Crippen LogP contribution in [-0.2, 0) is 17.8 Å². The van der Waals surface area contributed by atoms with Crippen molar-refractivity contribution in [1.82, 2.24) is 24.2 Å². The summed E-state index contributed by atoms with van der Waals surface area (Å²) in [6.07, 6.45) is 4.38. The van der Waals surface area contributed by atoms with Gasteiger partial charge >= 0.3 is 0 Å². The van der Waals surface area contributed by atoms with Gasteiger partial charge in [0.25, 0.3) is 0 Å². The van der Waals surface area contributed by atoms with E-state index in [1.54, 1.807) is 0 Å². The largest absolute Gasteiger partial charge is 0.380 e. The third-order valence-corrected chi connectivity index (χ3v) is 6.10. The van der Waals surface area contributed by atoms with Crippen molar-refractivity contribution in [2.75, 3.05) is 50.8 Å². The first-order valence-electron chi connectivity index (χ1n) is 10.9. The van der Waals surface area contributed by atoms with E-state index in [0.717, 1.165) is 81.5 Å². The van der Waals surface area contributed by atoms with Gasteiger partial charge in [-0.05, 0) is 60.4 Å². The summed E-state index contributed by atoms with van der Waals surface area (Å²) in [6, 6.07) is 10.4.